The van der Waals surface area contributed by atoms with Crippen LogP contribution in [0.3, 0.4) is 0 Å². The molecule has 2 aliphatic heterocycles. The van der Waals surface area contributed by atoms with E-state index in [-0.39, 0.29) is 17.6 Å². The third kappa shape index (κ3) is 1.80. The fourth-order valence-electron chi connectivity index (χ4n) is 6.61. The van der Waals surface area contributed by atoms with Crippen LogP contribution in [0.2, 0.25) is 0 Å². The highest BCUT2D eigenvalue weighted by Crippen LogP contribution is 2.64. The minimum absolute atomic E-state index is 0.0137. The van der Waals surface area contributed by atoms with Gasteiger partial charge in [-0.1, -0.05) is 6.07 Å². The minimum atomic E-state index is -0.352. The van der Waals surface area contributed by atoms with E-state index in [2.05, 4.69) is 17.0 Å². The highest BCUT2D eigenvalue weighted by molar-refractivity contribution is 5.61. The van der Waals surface area contributed by atoms with E-state index in [1.807, 2.05) is 0 Å². The summed E-state index contributed by atoms with van der Waals surface area (Å²) in [6, 6.07) is 4.95. The second-order valence-electron chi connectivity index (χ2n) is 8.92. The molecular weight excluding hydrogens is 314 g/mol. The first-order valence-corrected chi connectivity index (χ1v) is 10.0. The molecule has 1 aromatic carbocycles. The summed E-state index contributed by atoms with van der Waals surface area (Å²) in [5.41, 5.74) is 2.84. The van der Waals surface area contributed by atoms with Gasteiger partial charge in [-0.2, -0.15) is 0 Å². The molecule has 4 nitrogen and oxygen atoms in total. The van der Waals surface area contributed by atoms with Crippen molar-refractivity contribution in [3.05, 3.63) is 23.3 Å². The van der Waals surface area contributed by atoms with Gasteiger partial charge in [-0.25, -0.2) is 0 Å². The molecule has 1 N–H and O–H groups in total. The Morgan fingerprint density at radius 3 is 2.96 bits per heavy atom. The lowest BCUT2D eigenvalue weighted by Gasteiger charge is -2.59. The van der Waals surface area contributed by atoms with Crippen molar-refractivity contribution in [1.82, 2.24) is 4.90 Å². The second-order valence-corrected chi connectivity index (χ2v) is 8.92. The predicted octanol–water partition coefficient (Wildman–Crippen LogP) is 2.51. The van der Waals surface area contributed by atoms with Crippen molar-refractivity contribution in [2.75, 3.05) is 20.2 Å². The van der Waals surface area contributed by atoms with Crippen molar-refractivity contribution in [3.8, 4) is 11.5 Å². The summed E-state index contributed by atoms with van der Waals surface area (Å²) in [5, 5.41) is 10.8. The molecule has 3 aliphatic carbocycles. The largest absolute Gasteiger partial charge is 0.493 e. The van der Waals surface area contributed by atoms with Crippen molar-refractivity contribution in [2.24, 2.45) is 11.8 Å². The highest BCUT2D eigenvalue weighted by atomic mass is 16.5. The number of rotatable bonds is 3. The smallest absolute Gasteiger partial charge is 0.165 e. The number of nitrogens with zero attached hydrogens (tertiary/aromatic N) is 1. The Morgan fingerprint density at radius 2 is 2.16 bits per heavy atom. The molecule has 3 fully saturated rings. The van der Waals surface area contributed by atoms with Gasteiger partial charge in [0.15, 0.2) is 11.5 Å². The molecule has 1 spiro atoms. The number of benzene rings is 1. The van der Waals surface area contributed by atoms with Crippen molar-refractivity contribution >= 4 is 0 Å². The van der Waals surface area contributed by atoms with E-state index in [9.17, 15) is 5.11 Å². The molecule has 4 heteroatoms. The third-order valence-corrected chi connectivity index (χ3v) is 7.80. The van der Waals surface area contributed by atoms with Crippen LogP contribution in [0.15, 0.2) is 12.1 Å². The van der Waals surface area contributed by atoms with Crippen LogP contribution in [0.5, 0.6) is 11.5 Å². The Balaban J connectivity index is 1.52. The normalized spacial score (nSPS) is 41.2. The summed E-state index contributed by atoms with van der Waals surface area (Å²) in [6.07, 6.45) is 6.66. The molecule has 1 saturated heterocycles. The third-order valence-electron chi connectivity index (χ3n) is 7.80. The maximum atomic E-state index is 10.8. The number of methoxy groups -OCH3 is 1. The van der Waals surface area contributed by atoms with Gasteiger partial charge in [0.25, 0.3) is 0 Å². The first-order chi connectivity index (χ1) is 12.2. The van der Waals surface area contributed by atoms with E-state index in [4.69, 9.17) is 9.47 Å². The van der Waals surface area contributed by atoms with Crippen LogP contribution >= 0.6 is 0 Å². The van der Waals surface area contributed by atoms with Crippen molar-refractivity contribution in [1.29, 1.82) is 0 Å². The lowest BCUT2D eigenvalue weighted by atomic mass is 9.51. The molecule has 134 valence electrons. The van der Waals surface area contributed by atoms with Gasteiger partial charge in [0.05, 0.1) is 13.2 Å². The number of likely N-dealkylation sites (tertiary alicyclic amines) is 1. The monoisotopic (exact) mass is 341 g/mol. The maximum absolute atomic E-state index is 10.8. The van der Waals surface area contributed by atoms with Crippen LogP contribution in [-0.4, -0.2) is 48.5 Å². The summed E-state index contributed by atoms with van der Waals surface area (Å²) in [4.78, 5) is 2.79. The van der Waals surface area contributed by atoms with Crippen molar-refractivity contribution in [2.45, 2.75) is 62.2 Å². The van der Waals surface area contributed by atoms with Gasteiger partial charge >= 0.3 is 0 Å². The Bertz CT molecular complexity index is 730. The van der Waals surface area contributed by atoms with Crippen LogP contribution < -0.4 is 9.47 Å². The summed E-state index contributed by atoms with van der Waals surface area (Å²) >= 11 is 0. The highest BCUT2D eigenvalue weighted by Gasteiger charge is 2.65. The molecule has 1 unspecified atom stereocenters. The van der Waals surface area contributed by atoms with Crippen LogP contribution in [0.25, 0.3) is 0 Å². The first kappa shape index (κ1) is 14.9. The van der Waals surface area contributed by atoms with Gasteiger partial charge in [-0.15, -0.1) is 0 Å². The Hall–Kier alpha value is -1.26. The fourth-order valence-corrected chi connectivity index (χ4v) is 6.61. The summed E-state index contributed by atoms with van der Waals surface area (Å²) in [6.45, 7) is 2.43. The zero-order chi connectivity index (χ0) is 16.8. The van der Waals surface area contributed by atoms with E-state index in [1.165, 1.54) is 30.5 Å². The van der Waals surface area contributed by atoms with Gasteiger partial charge in [0.2, 0.25) is 0 Å². The zero-order valence-electron chi connectivity index (χ0n) is 14.9. The van der Waals surface area contributed by atoms with E-state index in [0.29, 0.717) is 12.0 Å². The van der Waals surface area contributed by atoms with Gasteiger partial charge in [-0.05, 0) is 68.5 Å². The number of hydrogen-bond acceptors (Lipinski definition) is 4. The van der Waals surface area contributed by atoms with E-state index in [0.717, 1.165) is 49.6 Å². The zero-order valence-corrected chi connectivity index (χ0v) is 14.9. The van der Waals surface area contributed by atoms with Gasteiger partial charge in [0.1, 0.15) is 6.10 Å². The van der Waals surface area contributed by atoms with Gasteiger partial charge in [0, 0.05) is 23.6 Å². The Morgan fingerprint density at radius 1 is 1.28 bits per heavy atom. The summed E-state index contributed by atoms with van der Waals surface area (Å²) < 4.78 is 12.1. The lowest BCUT2D eigenvalue weighted by Crippen LogP contribution is -2.67. The van der Waals surface area contributed by atoms with Crippen LogP contribution in [0.4, 0.5) is 0 Å². The fraction of sp³-hybridized carbons (Fsp3) is 0.714. The second kappa shape index (κ2) is 4.92. The summed E-state index contributed by atoms with van der Waals surface area (Å²) in [7, 11) is 1.72. The minimum Gasteiger partial charge on any atom is -0.493 e. The predicted molar refractivity (Wildman–Crippen MR) is 94.2 cm³/mol. The molecule has 0 amide bonds. The number of hydrogen-bond donors (Lipinski definition) is 1. The topological polar surface area (TPSA) is 41.9 Å². The summed E-state index contributed by atoms with van der Waals surface area (Å²) in [5.74, 6) is 3.33. The SMILES string of the molecule is COc1ccc2c3c1OC1[C@H](O)CC[C@@H]4[C@H](C2)N(CC2CC2)CC[C@@]314. The lowest BCUT2D eigenvalue weighted by molar-refractivity contribution is -0.105. The van der Waals surface area contributed by atoms with Gasteiger partial charge < -0.3 is 14.6 Å². The van der Waals surface area contributed by atoms with Crippen LogP contribution in [-0.2, 0) is 11.8 Å². The first-order valence-electron chi connectivity index (χ1n) is 10.0. The van der Waals surface area contributed by atoms with Crippen LogP contribution in [0, 0.1) is 11.8 Å². The maximum Gasteiger partial charge on any atom is 0.165 e. The van der Waals surface area contributed by atoms with Gasteiger partial charge in [-0.3, -0.25) is 4.90 Å². The van der Waals surface area contributed by atoms with Crippen molar-refractivity contribution in [3.63, 3.8) is 0 Å². The Labute approximate surface area is 149 Å². The van der Waals surface area contributed by atoms with E-state index in [1.54, 1.807) is 7.11 Å². The average molecular weight is 341 g/mol. The quantitative estimate of drug-likeness (QED) is 0.917. The molecule has 5 atom stereocenters. The molecule has 6 rings (SSSR count). The standard InChI is InChI=1S/C21H27NO3/c1-24-17-7-4-13-10-15-14-5-6-16(23)20-21(14,18(13)19(17)25-20)8-9-22(15)11-12-2-3-12/h4,7,12,14-16,20,23H,2-3,5-6,8-11H2,1H3/t14-,15+,16-,20?,21-/m1/s1. The molecule has 1 aromatic rings. The van der Waals surface area contributed by atoms with Crippen molar-refractivity contribution < 1.29 is 14.6 Å². The molecule has 2 bridgehead atoms. The molecule has 25 heavy (non-hydrogen) atoms. The average Bonchev–Trinajstić information content (AvgIpc) is 3.36. The molecule has 0 aromatic heterocycles. The number of aliphatic hydroxyl groups is 1. The number of aliphatic hydroxyl groups excluding tert-OH is 1. The molecule has 0 radical (unpaired) electrons. The molecule has 5 aliphatic rings. The molecule has 2 saturated carbocycles. The molecule has 2 heterocycles. The van der Waals surface area contributed by atoms with E-state index < -0.39 is 0 Å². The molecular formula is C21H27NO3. The van der Waals surface area contributed by atoms with E-state index >= 15 is 0 Å². The Kier molecular flexibility index (Phi) is 2.92. The number of piperidine rings is 1. The number of ether oxygens (including phenoxy) is 2. The van der Waals surface area contributed by atoms with Crippen LogP contribution in [0.1, 0.15) is 43.2 Å².